The van der Waals surface area contributed by atoms with Crippen molar-refractivity contribution in [2.75, 3.05) is 0 Å². The fourth-order valence-corrected chi connectivity index (χ4v) is 0.922. The second-order valence-corrected chi connectivity index (χ2v) is 2.41. The highest BCUT2D eigenvalue weighted by Crippen LogP contribution is 2.17. The van der Waals surface area contributed by atoms with Gasteiger partial charge in [0.2, 0.25) is 0 Å². The van der Waals surface area contributed by atoms with Gasteiger partial charge in [-0.1, -0.05) is 11.2 Å². The van der Waals surface area contributed by atoms with E-state index < -0.39 is 5.60 Å². The molecular weight excluding hydrogens is 146 g/mol. The van der Waals surface area contributed by atoms with Crippen molar-refractivity contribution >= 4 is 6.21 Å². The van der Waals surface area contributed by atoms with E-state index in [0.29, 0.717) is 6.42 Å². The van der Waals surface area contributed by atoms with E-state index in [4.69, 9.17) is 10.3 Å². The molecule has 0 aromatic carbocycles. The van der Waals surface area contributed by atoms with Crippen LogP contribution >= 0.6 is 0 Å². The first-order valence-corrected chi connectivity index (χ1v) is 3.16. The molecule has 1 aliphatic rings. The third kappa shape index (κ3) is 1.81. The molecule has 4 heteroatoms. The molecule has 0 radical (unpaired) electrons. The number of aliphatic hydroxyl groups is 2. The van der Waals surface area contributed by atoms with Crippen molar-refractivity contribution in [3.63, 3.8) is 0 Å². The van der Waals surface area contributed by atoms with Gasteiger partial charge < -0.3 is 15.4 Å². The number of hydrogen-bond donors (Lipinski definition) is 3. The average Bonchev–Trinajstić information content (AvgIpc) is 1.86. The van der Waals surface area contributed by atoms with Crippen LogP contribution in [0.2, 0.25) is 0 Å². The van der Waals surface area contributed by atoms with Crippen LogP contribution in [-0.4, -0.2) is 27.2 Å². The predicted octanol–water partition coefficient (Wildman–Crippen LogP) is 0.579. The largest absolute Gasteiger partial charge is 0.508 e. The molecule has 0 bridgehead atoms. The van der Waals surface area contributed by atoms with Crippen molar-refractivity contribution < 1.29 is 15.4 Å². The Labute approximate surface area is 63.8 Å². The van der Waals surface area contributed by atoms with E-state index in [1.807, 2.05) is 0 Å². The van der Waals surface area contributed by atoms with Crippen molar-refractivity contribution in [2.24, 2.45) is 5.16 Å². The molecule has 0 aromatic heterocycles. The van der Waals surface area contributed by atoms with Crippen LogP contribution in [0.3, 0.4) is 0 Å². The lowest BCUT2D eigenvalue weighted by molar-refractivity contribution is 0.159. The highest BCUT2D eigenvalue weighted by molar-refractivity contribution is 5.72. The van der Waals surface area contributed by atoms with E-state index in [-0.39, 0.29) is 5.76 Å². The third-order valence-corrected chi connectivity index (χ3v) is 1.41. The number of allylic oxidation sites excluding steroid dienone is 1. The molecule has 11 heavy (non-hydrogen) atoms. The molecule has 0 aliphatic heterocycles. The summed E-state index contributed by atoms with van der Waals surface area (Å²) in [7, 11) is 0. The monoisotopic (exact) mass is 155 g/mol. The van der Waals surface area contributed by atoms with E-state index in [2.05, 4.69) is 5.16 Å². The molecule has 1 rings (SSSR count). The van der Waals surface area contributed by atoms with Crippen LogP contribution in [0.5, 0.6) is 0 Å². The number of aliphatic hydroxyl groups excluding tert-OH is 1. The topological polar surface area (TPSA) is 73.1 Å². The Bertz CT molecular complexity index is 232. The van der Waals surface area contributed by atoms with E-state index in [1.54, 1.807) is 6.08 Å². The Hall–Kier alpha value is -1.29. The Balaban J connectivity index is 2.82. The molecule has 0 aromatic rings. The lowest BCUT2D eigenvalue weighted by atomic mass is 9.96. The van der Waals surface area contributed by atoms with Gasteiger partial charge in [-0.3, -0.25) is 0 Å². The first-order chi connectivity index (χ1) is 5.16. The molecule has 0 amide bonds. The third-order valence-electron chi connectivity index (χ3n) is 1.41. The summed E-state index contributed by atoms with van der Waals surface area (Å²) in [5.74, 6) is -0.0290. The van der Waals surface area contributed by atoms with Crippen molar-refractivity contribution in [3.05, 3.63) is 24.0 Å². The van der Waals surface area contributed by atoms with Crippen molar-refractivity contribution in [1.29, 1.82) is 0 Å². The zero-order valence-electron chi connectivity index (χ0n) is 5.81. The van der Waals surface area contributed by atoms with Gasteiger partial charge in [-0.25, -0.2) is 0 Å². The molecule has 1 atom stereocenters. The maximum Gasteiger partial charge on any atom is 0.128 e. The smallest absolute Gasteiger partial charge is 0.128 e. The molecular formula is C7H9NO3. The van der Waals surface area contributed by atoms with Gasteiger partial charge in [-0.05, 0) is 12.2 Å². The maximum absolute atomic E-state index is 9.44. The molecule has 0 fully saturated rings. The number of rotatable bonds is 1. The van der Waals surface area contributed by atoms with Gasteiger partial charge in [0.25, 0.3) is 0 Å². The highest BCUT2D eigenvalue weighted by atomic mass is 16.4. The van der Waals surface area contributed by atoms with Gasteiger partial charge >= 0.3 is 0 Å². The zero-order valence-corrected chi connectivity index (χ0v) is 5.81. The molecule has 60 valence electrons. The minimum Gasteiger partial charge on any atom is -0.508 e. The molecule has 1 aliphatic carbocycles. The summed E-state index contributed by atoms with van der Waals surface area (Å²) in [5.41, 5.74) is -1.34. The van der Waals surface area contributed by atoms with Crippen LogP contribution < -0.4 is 0 Å². The Morgan fingerprint density at radius 3 is 2.91 bits per heavy atom. The normalized spacial score (nSPS) is 30.8. The summed E-state index contributed by atoms with van der Waals surface area (Å²) < 4.78 is 0. The average molecular weight is 155 g/mol. The van der Waals surface area contributed by atoms with Gasteiger partial charge in [-0.2, -0.15) is 0 Å². The van der Waals surface area contributed by atoms with Crippen LogP contribution in [0, 0.1) is 0 Å². The summed E-state index contributed by atoms with van der Waals surface area (Å²) in [4.78, 5) is 0. The van der Waals surface area contributed by atoms with E-state index in [0.717, 1.165) is 6.21 Å². The predicted molar refractivity (Wildman–Crippen MR) is 39.7 cm³/mol. The SMILES string of the molecule is ON=CC1(O)C=C(O)C=CC1. The molecule has 0 spiro atoms. The van der Waals surface area contributed by atoms with Gasteiger partial charge in [0, 0.05) is 6.42 Å². The van der Waals surface area contributed by atoms with Gasteiger partial charge in [0.1, 0.15) is 11.4 Å². The quantitative estimate of drug-likeness (QED) is 0.294. The van der Waals surface area contributed by atoms with Gasteiger partial charge in [0.05, 0.1) is 6.21 Å². The zero-order chi connectivity index (χ0) is 8.32. The molecule has 0 saturated carbocycles. The molecule has 0 heterocycles. The number of nitrogens with zero attached hydrogens (tertiary/aromatic N) is 1. The Morgan fingerprint density at radius 1 is 1.64 bits per heavy atom. The fraction of sp³-hybridized carbons (Fsp3) is 0.286. The van der Waals surface area contributed by atoms with Crippen LogP contribution in [0.15, 0.2) is 29.1 Å². The highest BCUT2D eigenvalue weighted by Gasteiger charge is 2.23. The standard InChI is InChI=1S/C7H9NO3/c9-6-2-1-3-7(10,4-6)5-8-11/h1-2,4-5,9-11H,3H2. The second kappa shape index (κ2) is 2.75. The maximum atomic E-state index is 9.44. The van der Waals surface area contributed by atoms with Crippen LogP contribution in [0.4, 0.5) is 0 Å². The summed E-state index contributed by atoms with van der Waals surface area (Å²) in [5, 5.41) is 29.2. The Kier molecular flexibility index (Phi) is 1.96. The van der Waals surface area contributed by atoms with Gasteiger partial charge in [0.15, 0.2) is 0 Å². The summed E-state index contributed by atoms with van der Waals surface area (Å²) in [6.07, 6.45) is 5.55. The number of oxime groups is 1. The van der Waals surface area contributed by atoms with Crippen molar-refractivity contribution in [3.8, 4) is 0 Å². The van der Waals surface area contributed by atoms with Crippen LogP contribution in [0.25, 0.3) is 0 Å². The lowest BCUT2D eigenvalue weighted by Crippen LogP contribution is -2.29. The minimum absolute atomic E-state index is 0.0290. The first kappa shape index (κ1) is 7.81. The summed E-state index contributed by atoms with van der Waals surface area (Å²) >= 11 is 0. The first-order valence-electron chi connectivity index (χ1n) is 3.16. The Morgan fingerprint density at radius 2 is 2.36 bits per heavy atom. The molecule has 1 unspecified atom stereocenters. The molecule has 4 nitrogen and oxygen atoms in total. The molecule has 3 N–H and O–H groups in total. The summed E-state index contributed by atoms with van der Waals surface area (Å²) in [6.45, 7) is 0. The number of hydrogen-bond acceptors (Lipinski definition) is 4. The minimum atomic E-state index is -1.34. The van der Waals surface area contributed by atoms with Crippen LogP contribution in [0.1, 0.15) is 6.42 Å². The molecule has 0 saturated heterocycles. The van der Waals surface area contributed by atoms with Gasteiger partial charge in [-0.15, -0.1) is 0 Å². The summed E-state index contributed by atoms with van der Waals surface area (Å²) in [6, 6.07) is 0. The van der Waals surface area contributed by atoms with Crippen LogP contribution in [-0.2, 0) is 0 Å². The van der Waals surface area contributed by atoms with E-state index in [1.165, 1.54) is 12.2 Å². The van der Waals surface area contributed by atoms with E-state index >= 15 is 0 Å². The lowest BCUT2D eigenvalue weighted by Gasteiger charge is -2.19. The fourth-order valence-electron chi connectivity index (χ4n) is 0.922. The van der Waals surface area contributed by atoms with E-state index in [9.17, 15) is 5.11 Å². The second-order valence-electron chi connectivity index (χ2n) is 2.41. The van der Waals surface area contributed by atoms with Crippen molar-refractivity contribution in [2.45, 2.75) is 12.0 Å². The van der Waals surface area contributed by atoms with Crippen molar-refractivity contribution in [1.82, 2.24) is 0 Å².